The van der Waals surface area contributed by atoms with E-state index >= 15 is 0 Å². The number of carbonyl (C=O) groups excluding carboxylic acids is 1. The molecular weight excluding hydrogens is 356 g/mol. The van der Waals surface area contributed by atoms with Crippen molar-refractivity contribution in [2.24, 2.45) is 0 Å². The van der Waals surface area contributed by atoms with E-state index in [0.717, 1.165) is 27.7 Å². The Kier molecular flexibility index (Phi) is 4.54. The Morgan fingerprint density at radius 2 is 1.78 bits per heavy atom. The van der Waals surface area contributed by atoms with E-state index in [4.69, 9.17) is 0 Å². The van der Waals surface area contributed by atoms with Gasteiger partial charge in [0.15, 0.2) is 0 Å². The van der Waals surface area contributed by atoms with Gasteiger partial charge in [0.05, 0.1) is 15.8 Å². The Morgan fingerprint density at radius 3 is 2.48 bits per heavy atom. The fraction of sp³-hybridized carbons (Fsp3) is 0.182. The molecule has 0 unspecified atom stereocenters. The van der Waals surface area contributed by atoms with Gasteiger partial charge in [-0.15, -0.1) is 11.3 Å². The Morgan fingerprint density at radius 1 is 1.04 bits per heavy atom. The molecule has 0 fully saturated rings. The molecule has 0 aliphatic rings. The van der Waals surface area contributed by atoms with Gasteiger partial charge in [0.2, 0.25) is 0 Å². The van der Waals surface area contributed by atoms with Gasteiger partial charge in [0.25, 0.3) is 11.5 Å². The highest BCUT2D eigenvalue weighted by Crippen LogP contribution is 2.31. The number of para-hydroxylation sites is 1. The second-order valence-electron chi connectivity index (χ2n) is 6.42. The Labute approximate surface area is 161 Å². The molecule has 5 heteroatoms. The van der Waals surface area contributed by atoms with Crippen LogP contribution in [0.3, 0.4) is 0 Å². The Hall–Kier alpha value is -2.92. The van der Waals surface area contributed by atoms with Crippen LogP contribution >= 0.6 is 11.3 Å². The average Bonchev–Trinajstić information content (AvgIpc) is 3.15. The summed E-state index contributed by atoms with van der Waals surface area (Å²) in [5.41, 5.74) is 2.84. The normalized spacial score (nSPS) is 11.2. The summed E-state index contributed by atoms with van der Waals surface area (Å²) in [5, 5.41) is 4.54. The van der Waals surface area contributed by atoms with E-state index in [1.54, 1.807) is 10.6 Å². The summed E-state index contributed by atoms with van der Waals surface area (Å²) >= 11 is 1.37. The fourth-order valence-corrected chi connectivity index (χ4v) is 4.43. The third kappa shape index (κ3) is 3.04. The molecule has 0 spiro atoms. The molecule has 0 saturated carbocycles. The van der Waals surface area contributed by atoms with Gasteiger partial charge in [-0.3, -0.25) is 9.59 Å². The average molecular weight is 376 g/mol. The summed E-state index contributed by atoms with van der Waals surface area (Å²) in [7, 11) is 0. The van der Waals surface area contributed by atoms with Crippen LogP contribution in [0.15, 0.2) is 59.4 Å². The molecule has 1 N–H and O–H groups in total. The molecule has 0 bridgehead atoms. The number of anilines is 1. The number of aromatic nitrogens is 1. The lowest BCUT2D eigenvalue weighted by Gasteiger charge is -2.08. The van der Waals surface area contributed by atoms with Gasteiger partial charge >= 0.3 is 0 Å². The minimum Gasteiger partial charge on any atom is -0.321 e. The van der Waals surface area contributed by atoms with Crippen molar-refractivity contribution in [3.63, 3.8) is 0 Å². The monoisotopic (exact) mass is 376 g/mol. The first-order valence-electron chi connectivity index (χ1n) is 9.07. The minimum absolute atomic E-state index is 0.0474. The molecule has 0 saturated heterocycles. The predicted octanol–water partition coefficient (Wildman–Crippen LogP) is 5.05. The number of fused-ring (bicyclic) bond motifs is 3. The highest BCUT2D eigenvalue weighted by molar-refractivity contribution is 7.21. The number of thiophene rings is 1. The van der Waals surface area contributed by atoms with E-state index in [1.807, 2.05) is 55.5 Å². The summed E-state index contributed by atoms with van der Waals surface area (Å²) in [6.45, 7) is 4.65. The summed E-state index contributed by atoms with van der Waals surface area (Å²) in [6, 6.07) is 17.4. The highest BCUT2D eigenvalue weighted by atomic mass is 32.1. The maximum atomic E-state index is 12.9. The highest BCUT2D eigenvalue weighted by Gasteiger charge is 2.17. The van der Waals surface area contributed by atoms with Gasteiger partial charge in [-0.25, -0.2) is 0 Å². The van der Waals surface area contributed by atoms with Crippen LogP contribution < -0.4 is 10.9 Å². The number of pyridine rings is 1. The lowest BCUT2D eigenvalue weighted by molar-refractivity contribution is 0.103. The number of hydrogen-bond donors (Lipinski definition) is 1. The predicted molar refractivity (Wildman–Crippen MR) is 113 cm³/mol. The van der Waals surface area contributed by atoms with Crippen molar-refractivity contribution in [2.75, 3.05) is 5.32 Å². The lowest BCUT2D eigenvalue weighted by atomic mass is 10.1. The first-order chi connectivity index (χ1) is 13.1. The van der Waals surface area contributed by atoms with Gasteiger partial charge in [-0.05, 0) is 43.2 Å². The number of nitrogens with zero attached hydrogens (tertiary/aromatic N) is 1. The zero-order valence-corrected chi connectivity index (χ0v) is 16.1. The fourth-order valence-electron chi connectivity index (χ4n) is 3.35. The topological polar surface area (TPSA) is 51.1 Å². The summed E-state index contributed by atoms with van der Waals surface area (Å²) in [4.78, 5) is 26.1. The number of amides is 1. The van der Waals surface area contributed by atoms with Crippen molar-refractivity contribution in [1.82, 2.24) is 4.57 Å². The first-order valence-corrected chi connectivity index (χ1v) is 9.89. The van der Waals surface area contributed by atoms with Crippen molar-refractivity contribution in [1.29, 1.82) is 0 Å². The second-order valence-corrected chi connectivity index (χ2v) is 7.48. The van der Waals surface area contributed by atoms with Gasteiger partial charge < -0.3 is 9.88 Å². The third-order valence-corrected chi connectivity index (χ3v) is 5.97. The van der Waals surface area contributed by atoms with Crippen LogP contribution in [0.25, 0.3) is 21.0 Å². The Bertz CT molecular complexity index is 1200. The molecule has 27 heavy (non-hydrogen) atoms. The van der Waals surface area contributed by atoms with Crippen molar-refractivity contribution in [3.05, 3.63) is 75.4 Å². The van der Waals surface area contributed by atoms with Gasteiger partial charge in [-0.2, -0.15) is 0 Å². The van der Waals surface area contributed by atoms with E-state index in [1.165, 1.54) is 16.9 Å². The molecule has 0 atom stereocenters. The van der Waals surface area contributed by atoms with Crippen molar-refractivity contribution >= 4 is 43.9 Å². The van der Waals surface area contributed by atoms with Gasteiger partial charge in [-0.1, -0.05) is 37.3 Å². The summed E-state index contributed by atoms with van der Waals surface area (Å²) in [5.74, 6) is -0.188. The van der Waals surface area contributed by atoms with E-state index in [-0.39, 0.29) is 11.5 Å². The summed E-state index contributed by atoms with van der Waals surface area (Å²) in [6.07, 6.45) is 0.960. The van der Waals surface area contributed by atoms with Crippen LogP contribution in [0.1, 0.15) is 29.1 Å². The number of benzene rings is 2. The maximum Gasteiger partial charge on any atom is 0.265 e. The van der Waals surface area contributed by atoms with E-state index in [2.05, 4.69) is 12.2 Å². The van der Waals surface area contributed by atoms with Crippen molar-refractivity contribution < 1.29 is 4.79 Å². The minimum atomic E-state index is -0.188. The molecule has 4 nitrogen and oxygen atoms in total. The molecule has 2 aromatic carbocycles. The quantitative estimate of drug-likeness (QED) is 0.542. The molecule has 1 amide bonds. The first kappa shape index (κ1) is 17.5. The van der Waals surface area contributed by atoms with E-state index in [9.17, 15) is 9.59 Å². The van der Waals surface area contributed by atoms with Gasteiger partial charge in [0.1, 0.15) is 0 Å². The molecule has 2 heterocycles. The number of hydrogen-bond acceptors (Lipinski definition) is 3. The maximum absolute atomic E-state index is 12.9. The number of carbonyl (C=O) groups is 1. The lowest BCUT2D eigenvalue weighted by Crippen LogP contribution is -2.19. The van der Waals surface area contributed by atoms with E-state index in [0.29, 0.717) is 16.8 Å². The zero-order chi connectivity index (χ0) is 19.0. The van der Waals surface area contributed by atoms with Gasteiger partial charge in [0, 0.05) is 22.3 Å². The van der Waals surface area contributed by atoms with Crippen LogP contribution in [0.2, 0.25) is 0 Å². The molecular formula is C22H20N2O2S. The van der Waals surface area contributed by atoms with Crippen LogP contribution in [-0.4, -0.2) is 10.5 Å². The van der Waals surface area contributed by atoms with Crippen LogP contribution in [-0.2, 0) is 13.0 Å². The van der Waals surface area contributed by atoms with Crippen molar-refractivity contribution in [2.45, 2.75) is 26.8 Å². The van der Waals surface area contributed by atoms with E-state index < -0.39 is 0 Å². The molecule has 0 aliphatic carbocycles. The van der Waals surface area contributed by atoms with Crippen molar-refractivity contribution in [3.8, 4) is 0 Å². The number of rotatable bonds is 4. The SMILES string of the molecule is CCc1ccc(NC(=O)c2cc3c(=O)n(CC)c4ccccc4c3s2)cc1. The number of nitrogens with one attached hydrogen (secondary N) is 1. The standard InChI is InChI=1S/C22H20N2O2S/c1-3-14-9-11-15(12-10-14)23-21(25)19-13-17-20(27-19)16-7-5-6-8-18(16)24(4-2)22(17)26/h5-13H,3-4H2,1-2H3,(H,23,25). The second kappa shape index (κ2) is 7.00. The molecule has 4 aromatic rings. The zero-order valence-electron chi connectivity index (χ0n) is 15.3. The Balaban J connectivity index is 1.78. The molecule has 0 radical (unpaired) electrons. The molecule has 0 aliphatic heterocycles. The largest absolute Gasteiger partial charge is 0.321 e. The van der Waals surface area contributed by atoms with Crippen LogP contribution in [0.5, 0.6) is 0 Å². The molecule has 2 aromatic heterocycles. The third-order valence-electron chi connectivity index (χ3n) is 4.81. The smallest absolute Gasteiger partial charge is 0.265 e. The van der Waals surface area contributed by atoms with Crippen LogP contribution in [0, 0.1) is 0 Å². The van der Waals surface area contributed by atoms with Crippen LogP contribution in [0.4, 0.5) is 5.69 Å². The number of aryl methyl sites for hydroxylation is 2. The summed E-state index contributed by atoms with van der Waals surface area (Å²) < 4.78 is 2.63. The molecule has 4 rings (SSSR count). The molecule has 136 valence electrons.